The van der Waals surface area contributed by atoms with Crippen LogP contribution in [0.5, 0.6) is 11.5 Å². The van der Waals surface area contributed by atoms with Gasteiger partial charge in [0.1, 0.15) is 18.8 Å². The number of rotatable bonds is 4. The Morgan fingerprint density at radius 1 is 1.21 bits per heavy atom. The Morgan fingerprint density at radius 2 is 2.10 bits per heavy atom. The molecular formula is C29H35ClN6O6. The van der Waals surface area contributed by atoms with E-state index in [0.29, 0.717) is 66.9 Å². The second kappa shape index (κ2) is 14.0. The Labute approximate surface area is 248 Å². The van der Waals surface area contributed by atoms with Crippen LogP contribution >= 0.6 is 11.6 Å². The number of nitrogens with zero attached hydrogens (tertiary/aromatic N) is 4. The molecule has 2 bridgehead atoms. The summed E-state index contributed by atoms with van der Waals surface area (Å²) in [7, 11) is 1.55. The largest absolute Gasteiger partial charge is 0.493 e. The highest BCUT2D eigenvalue weighted by Gasteiger charge is 2.25. The zero-order chi connectivity index (χ0) is 29.5. The lowest BCUT2D eigenvalue weighted by molar-refractivity contribution is -0.139. The average Bonchev–Trinajstić information content (AvgIpc) is 2.99. The van der Waals surface area contributed by atoms with E-state index >= 15 is 0 Å². The van der Waals surface area contributed by atoms with Crippen molar-refractivity contribution in [3.05, 3.63) is 47.2 Å². The Hall–Kier alpha value is -3.71. The number of aromatic nitrogens is 2. The van der Waals surface area contributed by atoms with E-state index in [2.05, 4.69) is 20.6 Å². The van der Waals surface area contributed by atoms with Crippen LogP contribution in [0, 0.1) is 0 Å². The Bertz CT molecular complexity index is 1420. The van der Waals surface area contributed by atoms with E-state index in [1.165, 1.54) is 11.2 Å². The molecule has 2 aliphatic rings. The second-order valence-corrected chi connectivity index (χ2v) is 10.6. The second-order valence-electron chi connectivity index (χ2n) is 10.2. The summed E-state index contributed by atoms with van der Waals surface area (Å²) in [6.45, 7) is 2.08. The van der Waals surface area contributed by atoms with Gasteiger partial charge in [-0.3, -0.25) is 14.5 Å². The molecule has 1 fully saturated rings. The number of aliphatic hydroxyl groups is 1. The lowest BCUT2D eigenvalue weighted by Gasteiger charge is -2.33. The van der Waals surface area contributed by atoms with E-state index in [-0.39, 0.29) is 50.8 Å². The number of anilines is 2. The van der Waals surface area contributed by atoms with Crippen LogP contribution in [0.1, 0.15) is 12.0 Å². The summed E-state index contributed by atoms with van der Waals surface area (Å²) in [5.41, 5.74) is 2.48. The van der Waals surface area contributed by atoms with Crippen molar-refractivity contribution in [1.82, 2.24) is 25.1 Å². The first-order valence-corrected chi connectivity index (χ1v) is 14.3. The number of fused-ring (bicyclic) bond motifs is 2. The van der Waals surface area contributed by atoms with E-state index in [4.69, 9.17) is 25.8 Å². The van der Waals surface area contributed by atoms with Crippen molar-refractivity contribution in [3.8, 4) is 11.5 Å². The molecule has 0 radical (unpaired) electrons. The molecule has 0 aliphatic carbocycles. The third-order valence-corrected chi connectivity index (χ3v) is 7.52. The number of hydrogen-bond acceptors (Lipinski definition) is 10. The number of hydrogen-bond donors (Lipinski definition) is 3. The highest BCUT2D eigenvalue weighted by Crippen LogP contribution is 2.35. The first-order chi connectivity index (χ1) is 20.4. The normalized spacial score (nSPS) is 18.9. The van der Waals surface area contributed by atoms with E-state index < -0.39 is 0 Å². The van der Waals surface area contributed by atoms with Gasteiger partial charge in [-0.25, -0.2) is 9.97 Å². The van der Waals surface area contributed by atoms with Crippen LogP contribution in [-0.2, 0) is 20.7 Å². The van der Waals surface area contributed by atoms with Gasteiger partial charge in [-0.15, -0.1) is 0 Å². The van der Waals surface area contributed by atoms with Gasteiger partial charge in [0, 0.05) is 41.8 Å². The number of ether oxygens (including phenoxy) is 3. The average molecular weight is 599 g/mol. The summed E-state index contributed by atoms with van der Waals surface area (Å²) in [4.78, 5) is 38.6. The fourth-order valence-corrected chi connectivity index (χ4v) is 5.24. The van der Waals surface area contributed by atoms with Crippen LogP contribution in [0.2, 0.25) is 5.02 Å². The number of aliphatic hydroxyl groups excluding tert-OH is 1. The van der Waals surface area contributed by atoms with Gasteiger partial charge in [0.05, 0.1) is 51.6 Å². The fraction of sp³-hybridized carbons (Fsp3) is 0.448. The van der Waals surface area contributed by atoms with Crippen LogP contribution < -0.4 is 20.1 Å². The minimum absolute atomic E-state index is 0.101. The van der Waals surface area contributed by atoms with Crippen molar-refractivity contribution in [2.45, 2.75) is 18.9 Å². The number of carbonyl (C=O) groups is 2. The number of nitrogens with one attached hydrogen (secondary N) is 2. The summed E-state index contributed by atoms with van der Waals surface area (Å²) in [6.07, 6.45) is 2.50. The topological polar surface area (TPSA) is 138 Å². The van der Waals surface area contributed by atoms with Crippen molar-refractivity contribution in [2.24, 2.45) is 0 Å². The van der Waals surface area contributed by atoms with Crippen molar-refractivity contribution >= 4 is 45.8 Å². The molecule has 13 heteroatoms. The molecule has 1 aromatic heterocycles. The maximum atomic E-state index is 13.4. The minimum atomic E-state index is -0.334. The van der Waals surface area contributed by atoms with Crippen LogP contribution in [0.3, 0.4) is 0 Å². The molecule has 0 spiro atoms. The molecule has 3 aromatic rings. The van der Waals surface area contributed by atoms with Crippen LogP contribution in [0.4, 0.5) is 11.5 Å². The van der Waals surface area contributed by atoms with Gasteiger partial charge in [0.25, 0.3) is 0 Å². The summed E-state index contributed by atoms with van der Waals surface area (Å²) in [5.74, 6) is 1.05. The minimum Gasteiger partial charge on any atom is -0.493 e. The van der Waals surface area contributed by atoms with Gasteiger partial charge in [-0.05, 0) is 36.6 Å². The molecule has 1 saturated heterocycles. The van der Waals surface area contributed by atoms with Crippen LogP contribution in [0.25, 0.3) is 10.9 Å². The predicted molar refractivity (Wildman–Crippen MR) is 157 cm³/mol. The zero-order valence-corrected chi connectivity index (χ0v) is 24.2. The summed E-state index contributed by atoms with van der Waals surface area (Å²) in [5, 5.41) is 17.1. The first kappa shape index (κ1) is 29.8. The van der Waals surface area contributed by atoms with Crippen LogP contribution in [0.15, 0.2) is 36.7 Å². The molecule has 1 unspecified atom stereocenters. The number of carbonyl (C=O) groups excluding carboxylic acids is 2. The van der Waals surface area contributed by atoms with Gasteiger partial charge in [0.2, 0.25) is 11.8 Å². The summed E-state index contributed by atoms with van der Waals surface area (Å²) >= 11 is 6.33. The summed E-state index contributed by atoms with van der Waals surface area (Å²) < 4.78 is 17.2. The van der Waals surface area contributed by atoms with E-state index in [0.717, 1.165) is 16.6 Å². The first-order valence-electron chi connectivity index (χ1n) is 13.9. The third-order valence-electron chi connectivity index (χ3n) is 7.28. The zero-order valence-electron chi connectivity index (χ0n) is 23.5. The number of halogens is 1. The van der Waals surface area contributed by atoms with Crippen molar-refractivity contribution in [1.29, 1.82) is 0 Å². The number of benzene rings is 2. The molecule has 42 heavy (non-hydrogen) atoms. The lowest BCUT2D eigenvalue weighted by Crippen LogP contribution is -2.51. The molecular weight excluding hydrogens is 564 g/mol. The monoisotopic (exact) mass is 598 g/mol. The van der Waals surface area contributed by atoms with Gasteiger partial charge >= 0.3 is 0 Å². The lowest BCUT2D eigenvalue weighted by atomic mass is 10.1. The number of methoxy groups -OCH3 is 1. The van der Waals surface area contributed by atoms with E-state index in [9.17, 15) is 14.7 Å². The molecule has 2 amide bonds. The molecule has 0 saturated carbocycles. The molecule has 1 atom stereocenters. The van der Waals surface area contributed by atoms with Gasteiger partial charge < -0.3 is 34.9 Å². The Balaban J connectivity index is 1.42. The molecule has 2 aromatic carbocycles. The van der Waals surface area contributed by atoms with Crippen molar-refractivity contribution < 1.29 is 28.9 Å². The number of morpholine rings is 1. The van der Waals surface area contributed by atoms with Crippen molar-refractivity contribution in [2.75, 3.05) is 71.5 Å². The maximum Gasteiger partial charge on any atom is 0.239 e. The standard InChI is InChI=1S/C29H35ClN6O6/c1-40-25-13-24-22-12-26(25)42-10-8-36(28(39)16-35-7-9-41-21(14-35)17-37)15-27(38)31-6-2-3-19-4-5-20(30)11-23(19)34-29(22)33-18-32-24/h4-5,11-13,18,21,37H,2-3,6-10,14-17H2,1H3,(H,31,38)(H,32,33,34). The van der Waals surface area contributed by atoms with E-state index in [1.807, 2.05) is 23.1 Å². The van der Waals surface area contributed by atoms with Gasteiger partial charge in [-0.2, -0.15) is 0 Å². The highest BCUT2D eigenvalue weighted by molar-refractivity contribution is 6.30. The molecule has 3 N–H and O–H groups in total. The smallest absolute Gasteiger partial charge is 0.239 e. The maximum absolute atomic E-state index is 13.4. The predicted octanol–water partition coefficient (Wildman–Crippen LogP) is 2.00. The molecule has 3 heterocycles. The quantitative estimate of drug-likeness (QED) is 0.409. The fourth-order valence-electron chi connectivity index (χ4n) is 5.07. The van der Waals surface area contributed by atoms with Crippen molar-refractivity contribution in [3.63, 3.8) is 0 Å². The highest BCUT2D eigenvalue weighted by atomic mass is 35.5. The molecule has 2 aliphatic heterocycles. The molecule has 12 nitrogen and oxygen atoms in total. The number of aryl methyl sites for hydroxylation is 1. The molecule has 5 rings (SSSR count). The van der Waals surface area contributed by atoms with Gasteiger partial charge in [0.15, 0.2) is 11.5 Å². The Morgan fingerprint density at radius 3 is 2.93 bits per heavy atom. The van der Waals surface area contributed by atoms with E-state index in [1.54, 1.807) is 19.2 Å². The molecule has 224 valence electrons. The summed E-state index contributed by atoms with van der Waals surface area (Å²) in [6, 6.07) is 9.21. The SMILES string of the molecule is COc1cc2ncnc3c2cc1OCCN(C(=O)CN1CCOC(CO)C1)CC(=O)NCCCc1ccc(Cl)cc1N3. The number of amides is 2. The van der Waals surface area contributed by atoms with Crippen LogP contribution in [-0.4, -0.2) is 109 Å². The Kier molecular flexibility index (Phi) is 9.90. The third kappa shape index (κ3) is 7.37. The van der Waals surface area contributed by atoms with Gasteiger partial charge in [-0.1, -0.05) is 17.7 Å².